The SMILES string of the molecule is COc1ccccc1C(=O)N[C@H](C)Cc1ccoc1. The third-order valence-corrected chi connectivity index (χ3v) is 2.85. The van der Waals surface area contributed by atoms with E-state index in [0.29, 0.717) is 11.3 Å². The summed E-state index contributed by atoms with van der Waals surface area (Å²) in [4.78, 5) is 12.1. The molecule has 0 unspecified atom stereocenters. The van der Waals surface area contributed by atoms with Gasteiger partial charge in [0, 0.05) is 6.04 Å². The summed E-state index contributed by atoms with van der Waals surface area (Å²) in [7, 11) is 1.56. The molecule has 1 N–H and O–H groups in total. The molecule has 4 nitrogen and oxygen atoms in total. The van der Waals surface area contributed by atoms with Gasteiger partial charge in [0.15, 0.2) is 0 Å². The summed E-state index contributed by atoms with van der Waals surface area (Å²) in [6.07, 6.45) is 4.05. The van der Waals surface area contributed by atoms with Gasteiger partial charge < -0.3 is 14.5 Å². The molecule has 1 aromatic carbocycles. The lowest BCUT2D eigenvalue weighted by molar-refractivity contribution is 0.0937. The Kier molecular flexibility index (Phi) is 4.23. The van der Waals surface area contributed by atoms with Gasteiger partial charge in [-0.25, -0.2) is 0 Å². The highest BCUT2D eigenvalue weighted by molar-refractivity contribution is 5.97. The molecule has 0 bridgehead atoms. The maximum absolute atomic E-state index is 12.1. The molecule has 0 fully saturated rings. The predicted octanol–water partition coefficient (Wildman–Crippen LogP) is 2.65. The quantitative estimate of drug-likeness (QED) is 0.898. The first-order chi connectivity index (χ1) is 9.20. The fourth-order valence-electron chi connectivity index (χ4n) is 1.95. The molecule has 1 heterocycles. The topological polar surface area (TPSA) is 51.5 Å². The van der Waals surface area contributed by atoms with Crippen molar-refractivity contribution in [2.24, 2.45) is 0 Å². The summed E-state index contributed by atoms with van der Waals surface area (Å²) < 4.78 is 10.2. The van der Waals surface area contributed by atoms with Crippen molar-refractivity contribution < 1.29 is 13.9 Å². The number of carbonyl (C=O) groups is 1. The second kappa shape index (κ2) is 6.09. The Morgan fingerprint density at radius 3 is 2.84 bits per heavy atom. The average Bonchev–Trinajstić information content (AvgIpc) is 2.91. The molecule has 0 saturated carbocycles. The molecule has 0 spiro atoms. The van der Waals surface area contributed by atoms with Crippen LogP contribution in [-0.4, -0.2) is 19.1 Å². The van der Waals surface area contributed by atoms with E-state index in [2.05, 4.69) is 5.32 Å². The van der Waals surface area contributed by atoms with Crippen molar-refractivity contribution in [1.82, 2.24) is 5.32 Å². The number of para-hydroxylation sites is 1. The summed E-state index contributed by atoms with van der Waals surface area (Å²) in [5.41, 5.74) is 1.61. The molecular formula is C15H17NO3. The molecule has 4 heteroatoms. The molecule has 19 heavy (non-hydrogen) atoms. The average molecular weight is 259 g/mol. The zero-order valence-corrected chi connectivity index (χ0v) is 11.1. The molecule has 0 saturated heterocycles. The zero-order chi connectivity index (χ0) is 13.7. The van der Waals surface area contributed by atoms with Gasteiger partial charge in [0.25, 0.3) is 5.91 Å². The summed E-state index contributed by atoms with van der Waals surface area (Å²) in [5.74, 6) is 0.448. The number of furan rings is 1. The summed E-state index contributed by atoms with van der Waals surface area (Å²) in [5, 5.41) is 2.95. The number of hydrogen-bond donors (Lipinski definition) is 1. The smallest absolute Gasteiger partial charge is 0.255 e. The second-order valence-corrected chi connectivity index (χ2v) is 4.41. The van der Waals surface area contributed by atoms with Crippen molar-refractivity contribution in [3.8, 4) is 5.75 Å². The molecule has 0 radical (unpaired) electrons. The number of ether oxygens (including phenoxy) is 1. The van der Waals surface area contributed by atoms with E-state index in [9.17, 15) is 4.79 Å². The Bertz CT molecular complexity index is 534. The van der Waals surface area contributed by atoms with Crippen LogP contribution in [0.5, 0.6) is 5.75 Å². The van der Waals surface area contributed by atoms with Crippen LogP contribution in [0.15, 0.2) is 47.3 Å². The molecule has 2 aromatic rings. The monoisotopic (exact) mass is 259 g/mol. The van der Waals surface area contributed by atoms with Crippen molar-refractivity contribution in [3.63, 3.8) is 0 Å². The third-order valence-electron chi connectivity index (χ3n) is 2.85. The lowest BCUT2D eigenvalue weighted by Gasteiger charge is -2.14. The highest BCUT2D eigenvalue weighted by atomic mass is 16.5. The minimum absolute atomic E-state index is 0.0232. The largest absolute Gasteiger partial charge is 0.496 e. The molecule has 0 aliphatic rings. The standard InChI is InChI=1S/C15H17NO3/c1-11(9-12-7-8-19-10-12)16-15(17)13-5-3-4-6-14(13)18-2/h3-8,10-11H,9H2,1-2H3,(H,16,17)/t11-/m1/s1. The van der Waals surface area contributed by atoms with Crippen molar-refractivity contribution in [2.45, 2.75) is 19.4 Å². The van der Waals surface area contributed by atoms with E-state index >= 15 is 0 Å². The fraction of sp³-hybridized carbons (Fsp3) is 0.267. The summed E-state index contributed by atoms with van der Waals surface area (Å²) >= 11 is 0. The number of carbonyl (C=O) groups excluding carboxylic acids is 1. The van der Waals surface area contributed by atoms with E-state index in [1.165, 1.54) is 0 Å². The zero-order valence-electron chi connectivity index (χ0n) is 11.1. The first-order valence-corrected chi connectivity index (χ1v) is 6.15. The normalized spacial score (nSPS) is 11.9. The first kappa shape index (κ1) is 13.2. The van der Waals surface area contributed by atoms with E-state index in [0.717, 1.165) is 12.0 Å². The van der Waals surface area contributed by atoms with Gasteiger partial charge in [-0.05, 0) is 37.1 Å². The van der Waals surface area contributed by atoms with Crippen LogP contribution in [0.1, 0.15) is 22.8 Å². The van der Waals surface area contributed by atoms with Crippen LogP contribution in [0.3, 0.4) is 0 Å². The van der Waals surface area contributed by atoms with Crippen molar-refractivity contribution >= 4 is 5.91 Å². The number of nitrogens with one attached hydrogen (secondary N) is 1. The molecule has 0 aliphatic heterocycles. The first-order valence-electron chi connectivity index (χ1n) is 6.15. The van der Waals surface area contributed by atoms with Gasteiger partial charge in [-0.15, -0.1) is 0 Å². The molecule has 2 rings (SSSR count). The number of amides is 1. The molecular weight excluding hydrogens is 242 g/mol. The molecule has 100 valence electrons. The van der Waals surface area contributed by atoms with Crippen LogP contribution in [0, 0.1) is 0 Å². The number of methoxy groups -OCH3 is 1. The third kappa shape index (κ3) is 3.37. The Balaban J connectivity index is 2.00. The molecule has 1 atom stereocenters. The van der Waals surface area contributed by atoms with Gasteiger partial charge >= 0.3 is 0 Å². The van der Waals surface area contributed by atoms with Crippen molar-refractivity contribution in [3.05, 3.63) is 54.0 Å². The van der Waals surface area contributed by atoms with Crippen LogP contribution in [0.4, 0.5) is 0 Å². The molecule has 0 aliphatic carbocycles. The Hall–Kier alpha value is -2.23. The van der Waals surface area contributed by atoms with Crippen LogP contribution < -0.4 is 10.1 Å². The summed E-state index contributed by atoms with van der Waals surface area (Å²) in [6, 6.07) is 9.10. The predicted molar refractivity (Wildman–Crippen MR) is 72.3 cm³/mol. The van der Waals surface area contributed by atoms with E-state index in [4.69, 9.17) is 9.15 Å². The van der Waals surface area contributed by atoms with Gasteiger partial charge in [-0.2, -0.15) is 0 Å². The highest BCUT2D eigenvalue weighted by Gasteiger charge is 2.14. The highest BCUT2D eigenvalue weighted by Crippen LogP contribution is 2.17. The molecule has 1 aromatic heterocycles. The lowest BCUT2D eigenvalue weighted by Crippen LogP contribution is -2.34. The number of benzene rings is 1. The van der Waals surface area contributed by atoms with Gasteiger partial charge in [0.05, 0.1) is 25.2 Å². The maximum Gasteiger partial charge on any atom is 0.255 e. The Morgan fingerprint density at radius 2 is 2.16 bits per heavy atom. The van der Waals surface area contributed by atoms with E-state index in [1.807, 2.05) is 25.1 Å². The maximum atomic E-state index is 12.1. The lowest BCUT2D eigenvalue weighted by atomic mass is 10.1. The number of rotatable bonds is 5. The second-order valence-electron chi connectivity index (χ2n) is 4.41. The minimum Gasteiger partial charge on any atom is -0.496 e. The van der Waals surface area contributed by atoms with Gasteiger partial charge in [0.2, 0.25) is 0 Å². The van der Waals surface area contributed by atoms with Gasteiger partial charge in [0.1, 0.15) is 5.75 Å². The molecule has 1 amide bonds. The van der Waals surface area contributed by atoms with E-state index < -0.39 is 0 Å². The van der Waals surface area contributed by atoms with Gasteiger partial charge in [-0.3, -0.25) is 4.79 Å². The Labute approximate surface area is 112 Å². The minimum atomic E-state index is -0.131. The van der Waals surface area contributed by atoms with Crippen LogP contribution in [0.25, 0.3) is 0 Å². The van der Waals surface area contributed by atoms with Crippen molar-refractivity contribution in [2.75, 3.05) is 7.11 Å². The van der Waals surface area contributed by atoms with Crippen LogP contribution in [0.2, 0.25) is 0 Å². The van der Waals surface area contributed by atoms with E-state index in [1.54, 1.807) is 31.8 Å². The fourth-order valence-corrected chi connectivity index (χ4v) is 1.95. The van der Waals surface area contributed by atoms with Crippen LogP contribution in [-0.2, 0) is 6.42 Å². The van der Waals surface area contributed by atoms with Crippen molar-refractivity contribution in [1.29, 1.82) is 0 Å². The number of hydrogen-bond acceptors (Lipinski definition) is 3. The van der Waals surface area contributed by atoms with Gasteiger partial charge in [-0.1, -0.05) is 12.1 Å². The summed E-state index contributed by atoms with van der Waals surface area (Å²) in [6.45, 7) is 1.96. The Morgan fingerprint density at radius 1 is 1.37 bits per heavy atom. The van der Waals surface area contributed by atoms with Crippen LogP contribution >= 0.6 is 0 Å². The van der Waals surface area contributed by atoms with E-state index in [-0.39, 0.29) is 11.9 Å².